The summed E-state index contributed by atoms with van der Waals surface area (Å²) < 4.78 is 24.6. The Hall–Kier alpha value is -0.426. The maximum atomic E-state index is 6.62. The normalized spacial score (nSPS) is 14.4. The van der Waals surface area contributed by atoms with Crippen molar-refractivity contribution in [1.82, 2.24) is 0 Å². The number of fused-ring (bicyclic) bond motifs is 7. The van der Waals surface area contributed by atoms with Gasteiger partial charge >= 0.3 is 0 Å². The molecule has 0 atom stereocenters. The van der Waals surface area contributed by atoms with Crippen molar-refractivity contribution in [3.63, 3.8) is 0 Å². The summed E-state index contributed by atoms with van der Waals surface area (Å²) in [7, 11) is -3.65. The summed E-state index contributed by atoms with van der Waals surface area (Å²) in [5, 5.41) is 2.60. The quantitative estimate of drug-likeness (QED) is 0.201. The maximum Gasteiger partial charge on any atom is 0.251 e. The Labute approximate surface area is 218 Å². The van der Waals surface area contributed by atoms with Crippen molar-refractivity contribution < 1.29 is 8.85 Å². The minimum Gasteiger partial charge on any atom is -0.537 e. The number of rotatable bonds is 4. The lowest BCUT2D eigenvalue weighted by Crippen LogP contribution is -2.43. The molecule has 0 aliphatic heterocycles. The molecular weight excluding hydrogens is 537 g/mol. The van der Waals surface area contributed by atoms with Gasteiger partial charge in [-0.2, -0.15) is 0 Å². The number of thiophene rings is 5. The largest absolute Gasteiger partial charge is 0.537 e. The zero-order valence-electron chi connectivity index (χ0n) is 21.0. The third kappa shape index (κ3) is 3.95. The van der Waals surface area contributed by atoms with Crippen LogP contribution in [0.3, 0.4) is 0 Å². The predicted octanol–water partition coefficient (Wildman–Crippen LogP) is 11.4. The molecule has 0 aliphatic carbocycles. The van der Waals surface area contributed by atoms with Crippen LogP contribution in [0.2, 0.25) is 36.3 Å². The van der Waals surface area contributed by atoms with E-state index in [1.54, 1.807) is 0 Å². The lowest BCUT2D eigenvalue weighted by Gasteiger charge is -2.35. The van der Waals surface area contributed by atoms with Crippen LogP contribution in [0.4, 0.5) is 0 Å². The van der Waals surface area contributed by atoms with E-state index in [2.05, 4.69) is 79.9 Å². The second-order valence-electron chi connectivity index (χ2n) is 11.9. The SMILES string of the molecule is CC(C)(C)[Si](C)(C)Oc1cc2sc3c(sc4c5sc(O[Si](C)(C)C(C)(C)C)cc5sc43)c2s1. The Morgan fingerprint density at radius 2 is 0.848 bits per heavy atom. The molecule has 0 fully saturated rings. The van der Waals surface area contributed by atoms with E-state index in [0.717, 1.165) is 10.1 Å². The van der Waals surface area contributed by atoms with Crippen LogP contribution in [0.5, 0.6) is 10.1 Å². The van der Waals surface area contributed by atoms with Gasteiger partial charge in [0.1, 0.15) is 0 Å². The third-order valence-corrected chi connectivity index (χ3v) is 22.8. The average molecular weight is 569 g/mol. The molecular formula is C24H32O2S5Si2. The van der Waals surface area contributed by atoms with E-state index in [4.69, 9.17) is 8.85 Å². The fourth-order valence-corrected chi connectivity index (χ4v) is 13.2. The molecule has 0 radical (unpaired) electrons. The highest BCUT2D eigenvalue weighted by Crippen LogP contribution is 2.55. The van der Waals surface area contributed by atoms with Gasteiger partial charge in [-0.3, -0.25) is 0 Å². The first-order chi connectivity index (χ1) is 15.1. The first-order valence-corrected chi connectivity index (χ1v) is 21.2. The molecule has 0 unspecified atom stereocenters. The Morgan fingerprint density at radius 3 is 1.18 bits per heavy atom. The van der Waals surface area contributed by atoms with Crippen molar-refractivity contribution in [3.05, 3.63) is 12.1 Å². The number of hydrogen-bond donors (Lipinski definition) is 0. The molecule has 5 rings (SSSR count). The minimum absolute atomic E-state index is 0.209. The van der Waals surface area contributed by atoms with Gasteiger partial charge in [0.2, 0.25) is 0 Å². The maximum absolute atomic E-state index is 6.62. The van der Waals surface area contributed by atoms with Crippen LogP contribution < -0.4 is 8.85 Å². The molecule has 9 heteroatoms. The molecule has 0 saturated carbocycles. The molecule has 0 spiro atoms. The fourth-order valence-electron chi connectivity index (χ4n) is 3.19. The highest BCUT2D eigenvalue weighted by Gasteiger charge is 2.40. The summed E-state index contributed by atoms with van der Waals surface area (Å²) in [4.78, 5) is 0. The van der Waals surface area contributed by atoms with Crippen molar-refractivity contribution >= 4 is 111 Å². The van der Waals surface area contributed by atoms with Gasteiger partial charge in [-0.15, -0.1) is 34.0 Å². The fraction of sp³-hybridized carbons (Fsp3) is 0.500. The summed E-state index contributed by atoms with van der Waals surface area (Å²) in [6.07, 6.45) is 0. The highest BCUT2D eigenvalue weighted by molar-refractivity contribution is 7.48. The molecule has 5 aromatic rings. The lowest BCUT2D eigenvalue weighted by molar-refractivity contribution is 0.503. The summed E-state index contributed by atoms with van der Waals surface area (Å²) in [5.74, 6) is 0. The summed E-state index contributed by atoms with van der Waals surface area (Å²) >= 11 is 9.51. The van der Waals surface area contributed by atoms with Gasteiger partial charge < -0.3 is 8.85 Å². The molecule has 0 bridgehead atoms. The van der Waals surface area contributed by atoms with E-state index in [0.29, 0.717) is 0 Å². The van der Waals surface area contributed by atoms with E-state index >= 15 is 0 Å². The average Bonchev–Trinajstić information content (AvgIpc) is 3.37. The Bertz CT molecular complexity index is 1380. The molecule has 178 valence electrons. The van der Waals surface area contributed by atoms with E-state index < -0.39 is 16.6 Å². The van der Waals surface area contributed by atoms with Gasteiger partial charge in [-0.25, -0.2) is 0 Å². The van der Waals surface area contributed by atoms with Crippen LogP contribution in [0.1, 0.15) is 41.5 Å². The molecule has 0 saturated heterocycles. The Morgan fingerprint density at radius 1 is 0.515 bits per heavy atom. The summed E-state index contributed by atoms with van der Waals surface area (Å²) in [5.41, 5.74) is 0. The molecule has 0 aliphatic rings. The van der Waals surface area contributed by atoms with Crippen LogP contribution in [-0.4, -0.2) is 16.6 Å². The Balaban J connectivity index is 1.54. The molecule has 5 heterocycles. The molecule has 0 aromatic carbocycles. The molecule has 0 amide bonds. The van der Waals surface area contributed by atoms with Crippen molar-refractivity contribution in [3.8, 4) is 10.1 Å². The van der Waals surface area contributed by atoms with Crippen molar-refractivity contribution in [2.45, 2.75) is 77.8 Å². The molecule has 0 N–H and O–H groups in total. The summed E-state index contributed by atoms with van der Waals surface area (Å²) in [6.45, 7) is 23.1. The van der Waals surface area contributed by atoms with Gasteiger partial charge in [0.25, 0.3) is 16.6 Å². The summed E-state index contributed by atoms with van der Waals surface area (Å²) in [6, 6.07) is 4.57. The van der Waals surface area contributed by atoms with Crippen molar-refractivity contribution in [1.29, 1.82) is 0 Å². The minimum atomic E-state index is -1.82. The Kier molecular flexibility index (Phi) is 5.55. The number of hydrogen-bond acceptors (Lipinski definition) is 7. The molecule has 2 nitrogen and oxygen atoms in total. The highest BCUT2D eigenvalue weighted by atomic mass is 32.1. The second-order valence-corrected chi connectivity index (χ2v) is 26.5. The zero-order chi connectivity index (χ0) is 24.1. The van der Waals surface area contributed by atoms with Gasteiger partial charge in [-0.05, 0) is 36.3 Å². The van der Waals surface area contributed by atoms with E-state index in [1.807, 2.05) is 56.7 Å². The van der Waals surface area contributed by atoms with Gasteiger partial charge in [0.15, 0.2) is 10.1 Å². The molecule has 5 aromatic heterocycles. The second kappa shape index (κ2) is 7.54. The molecule has 33 heavy (non-hydrogen) atoms. The van der Waals surface area contributed by atoms with E-state index in [-0.39, 0.29) is 10.1 Å². The van der Waals surface area contributed by atoms with Crippen LogP contribution in [-0.2, 0) is 0 Å². The van der Waals surface area contributed by atoms with Crippen molar-refractivity contribution in [2.75, 3.05) is 0 Å². The monoisotopic (exact) mass is 568 g/mol. The van der Waals surface area contributed by atoms with Crippen LogP contribution >= 0.6 is 56.7 Å². The topological polar surface area (TPSA) is 18.5 Å². The van der Waals surface area contributed by atoms with Crippen molar-refractivity contribution in [2.24, 2.45) is 0 Å². The van der Waals surface area contributed by atoms with E-state index in [1.165, 1.54) is 37.6 Å². The standard InChI is InChI=1S/C24H32O2S5Si2/c1-23(2,3)32(7,8)25-15-11-13-17(29-15)19-21(27-13)22-20(31-19)18-14(28-22)12-16(30-18)26-33(9,10)24(4,5)6/h11-12H,1-10H3. The van der Waals surface area contributed by atoms with Crippen LogP contribution in [0.25, 0.3) is 37.6 Å². The van der Waals surface area contributed by atoms with Crippen LogP contribution in [0, 0.1) is 0 Å². The zero-order valence-corrected chi connectivity index (χ0v) is 27.1. The lowest BCUT2D eigenvalue weighted by atomic mass is 10.2. The van der Waals surface area contributed by atoms with E-state index in [9.17, 15) is 0 Å². The van der Waals surface area contributed by atoms with Gasteiger partial charge in [-0.1, -0.05) is 64.2 Å². The first-order valence-electron chi connectivity index (χ1n) is 11.3. The first kappa shape index (κ1) is 24.3. The predicted molar refractivity (Wildman–Crippen MR) is 162 cm³/mol. The smallest absolute Gasteiger partial charge is 0.251 e. The third-order valence-electron chi connectivity index (χ3n) is 7.33. The van der Waals surface area contributed by atoms with Gasteiger partial charge in [0.05, 0.1) is 37.6 Å². The van der Waals surface area contributed by atoms with Gasteiger partial charge in [0, 0.05) is 12.1 Å². The van der Waals surface area contributed by atoms with Crippen LogP contribution in [0.15, 0.2) is 12.1 Å².